The first-order valence-corrected chi connectivity index (χ1v) is 10.2. The second kappa shape index (κ2) is 8.41. The third kappa shape index (κ3) is 5.45. The van der Waals surface area contributed by atoms with Gasteiger partial charge in [-0.2, -0.15) is 5.26 Å². The largest absolute Gasteiger partial charge is 0.472 e. The normalized spacial score (nSPS) is 20.0. The lowest BCUT2D eigenvalue weighted by Crippen LogP contribution is -2.40. The first-order chi connectivity index (χ1) is 12.9. The molecular weight excluding hydrogens is 371 g/mol. The average molecular weight is 390 g/mol. The fraction of sp³-hybridized carbons (Fsp3) is 0.389. The van der Waals surface area contributed by atoms with Crippen molar-refractivity contribution in [1.82, 2.24) is 14.7 Å². The quantitative estimate of drug-likeness (QED) is 0.811. The molecule has 1 aliphatic carbocycles. The smallest absolute Gasteiger partial charge is 0.251 e. The van der Waals surface area contributed by atoms with Crippen LogP contribution in [0.3, 0.4) is 0 Å². The highest BCUT2D eigenvalue weighted by Crippen LogP contribution is 2.24. The molecule has 7 nitrogen and oxygen atoms in total. The third-order valence-corrected chi connectivity index (χ3v) is 5.75. The Morgan fingerprint density at radius 2 is 1.81 bits per heavy atom. The van der Waals surface area contributed by atoms with E-state index >= 15 is 0 Å². The number of rotatable bonds is 6. The Kier molecular flexibility index (Phi) is 5.98. The Morgan fingerprint density at radius 1 is 1.15 bits per heavy atom. The van der Waals surface area contributed by atoms with E-state index in [-0.39, 0.29) is 29.5 Å². The van der Waals surface area contributed by atoms with Crippen molar-refractivity contribution in [1.29, 1.82) is 5.26 Å². The van der Waals surface area contributed by atoms with Crippen molar-refractivity contribution < 1.29 is 17.5 Å². The van der Waals surface area contributed by atoms with Crippen LogP contribution in [0.5, 0.6) is 5.88 Å². The summed E-state index contributed by atoms with van der Waals surface area (Å²) in [7, 11) is -3.51. The fourth-order valence-corrected chi connectivity index (χ4v) is 4.50. The van der Waals surface area contributed by atoms with Crippen LogP contribution < -0.4 is 9.46 Å². The van der Waals surface area contributed by atoms with Crippen LogP contribution >= 0.6 is 0 Å². The summed E-state index contributed by atoms with van der Waals surface area (Å²) in [4.78, 5) is 7.94. The zero-order valence-corrected chi connectivity index (χ0v) is 15.3. The van der Waals surface area contributed by atoms with Gasteiger partial charge in [0.2, 0.25) is 15.7 Å². The Balaban J connectivity index is 1.51. The number of benzene rings is 1. The molecule has 0 aliphatic heterocycles. The molecular formula is C18H19FN4O3S. The minimum atomic E-state index is -3.51. The summed E-state index contributed by atoms with van der Waals surface area (Å²) in [5.41, 5.74) is 0.673. The Labute approximate surface area is 157 Å². The molecule has 1 N–H and O–H groups in total. The van der Waals surface area contributed by atoms with Gasteiger partial charge in [-0.3, -0.25) is 0 Å². The number of aromatic nitrogens is 2. The van der Waals surface area contributed by atoms with E-state index in [0.717, 1.165) is 0 Å². The van der Waals surface area contributed by atoms with E-state index in [9.17, 15) is 12.8 Å². The van der Waals surface area contributed by atoms with Gasteiger partial charge in [-0.1, -0.05) is 12.1 Å². The maximum Gasteiger partial charge on any atom is 0.251 e. The van der Waals surface area contributed by atoms with E-state index < -0.39 is 15.8 Å². The summed E-state index contributed by atoms with van der Waals surface area (Å²) in [5, 5.41) is 9.02. The standard InChI is InChI=1S/C18H19FN4O3S/c19-14-3-1-13(2-4-14)12-27(24,25)23-15-5-7-16(8-6-15)26-18-17(11-20)21-9-10-22-18/h1-4,9-10,15-16,23H,5-8,12H2. The molecule has 0 saturated heterocycles. The van der Waals surface area contributed by atoms with Crippen LogP contribution in [-0.2, 0) is 15.8 Å². The van der Waals surface area contributed by atoms with Crippen LogP contribution in [0.4, 0.5) is 4.39 Å². The lowest BCUT2D eigenvalue weighted by Gasteiger charge is -2.29. The maximum atomic E-state index is 12.9. The van der Waals surface area contributed by atoms with Gasteiger partial charge in [0.1, 0.15) is 18.0 Å². The summed E-state index contributed by atoms with van der Waals surface area (Å²) in [6, 6.07) is 7.19. The molecule has 0 spiro atoms. The molecule has 1 aliphatic rings. The SMILES string of the molecule is N#Cc1nccnc1OC1CCC(NS(=O)(=O)Cc2ccc(F)cc2)CC1. The van der Waals surface area contributed by atoms with Crippen molar-refractivity contribution in [2.75, 3.05) is 0 Å². The van der Waals surface area contributed by atoms with Crippen LogP contribution in [0.2, 0.25) is 0 Å². The zero-order chi connectivity index (χ0) is 19.3. The molecule has 2 aromatic rings. The first kappa shape index (κ1) is 19.2. The summed E-state index contributed by atoms with van der Waals surface area (Å²) in [6.07, 6.45) is 5.29. The highest BCUT2D eigenvalue weighted by Gasteiger charge is 2.26. The molecule has 1 aromatic heterocycles. The van der Waals surface area contributed by atoms with Crippen LogP contribution in [0.1, 0.15) is 36.9 Å². The summed E-state index contributed by atoms with van der Waals surface area (Å²) in [5.74, 6) is -0.375. The van der Waals surface area contributed by atoms with Gasteiger partial charge in [-0.25, -0.2) is 27.5 Å². The van der Waals surface area contributed by atoms with Crippen molar-refractivity contribution in [2.24, 2.45) is 0 Å². The van der Waals surface area contributed by atoms with Crippen molar-refractivity contribution in [3.05, 3.63) is 53.7 Å². The summed E-state index contributed by atoms with van der Waals surface area (Å²) < 4.78 is 46.0. The Morgan fingerprint density at radius 3 is 2.48 bits per heavy atom. The molecule has 1 saturated carbocycles. The number of ether oxygens (including phenoxy) is 1. The van der Waals surface area contributed by atoms with Gasteiger partial charge >= 0.3 is 0 Å². The molecule has 0 amide bonds. The van der Waals surface area contributed by atoms with Crippen LogP contribution in [0.25, 0.3) is 0 Å². The molecule has 0 unspecified atom stereocenters. The van der Waals surface area contributed by atoms with E-state index in [1.165, 1.54) is 36.7 Å². The average Bonchev–Trinajstić information content (AvgIpc) is 2.65. The lowest BCUT2D eigenvalue weighted by atomic mass is 9.94. The van der Waals surface area contributed by atoms with E-state index in [2.05, 4.69) is 14.7 Å². The number of halogens is 1. The monoisotopic (exact) mass is 390 g/mol. The first-order valence-electron chi connectivity index (χ1n) is 8.57. The van der Waals surface area contributed by atoms with E-state index in [1.54, 1.807) is 0 Å². The predicted molar refractivity (Wildman–Crippen MR) is 95.6 cm³/mol. The third-order valence-electron chi connectivity index (χ3n) is 4.34. The van der Waals surface area contributed by atoms with E-state index in [0.29, 0.717) is 31.2 Å². The van der Waals surface area contributed by atoms with Crippen molar-refractivity contribution in [3.8, 4) is 11.9 Å². The van der Waals surface area contributed by atoms with E-state index in [1.807, 2.05) is 6.07 Å². The second-order valence-electron chi connectivity index (χ2n) is 6.42. The molecule has 0 atom stereocenters. The van der Waals surface area contributed by atoms with Gasteiger partial charge in [0.25, 0.3) is 5.88 Å². The number of hydrogen-bond acceptors (Lipinski definition) is 6. The number of sulfonamides is 1. The molecule has 142 valence electrons. The number of nitrogens with zero attached hydrogens (tertiary/aromatic N) is 3. The molecule has 3 rings (SSSR count). The lowest BCUT2D eigenvalue weighted by molar-refractivity contribution is 0.137. The molecule has 0 radical (unpaired) electrons. The number of hydrogen-bond donors (Lipinski definition) is 1. The molecule has 0 bridgehead atoms. The van der Waals surface area contributed by atoms with Crippen LogP contribution in [0, 0.1) is 17.1 Å². The van der Waals surface area contributed by atoms with Gasteiger partial charge in [-0.15, -0.1) is 0 Å². The van der Waals surface area contributed by atoms with E-state index in [4.69, 9.17) is 10.00 Å². The van der Waals surface area contributed by atoms with Gasteiger partial charge < -0.3 is 4.74 Å². The fourth-order valence-electron chi connectivity index (χ4n) is 3.04. The van der Waals surface area contributed by atoms with Gasteiger partial charge in [0.05, 0.1) is 5.75 Å². The van der Waals surface area contributed by atoms with Gasteiger partial charge in [0, 0.05) is 18.4 Å². The Hall–Kier alpha value is -2.57. The number of nitriles is 1. The van der Waals surface area contributed by atoms with Gasteiger partial charge in [0.15, 0.2) is 0 Å². The topological polar surface area (TPSA) is 105 Å². The highest BCUT2D eigenvalue weighted by molar-refractivity contribution is 7.88. The number of nitrogens with one attached hydrogen (secondary N) is 1. The molecule has 9 heteroatoms. The van der Waals surface area contributed by atoms with Crippen molar-refractivity contribution in [3.63, 3.8) is 0 Å². The molecule has 1 aromatic carbocycles. The van der Waals surface area contributed by atoms with Crippen LogP contribution in [0.15, 0.2) is 36.7 Å². The summed E-state index contributed by atoms with van der Waals surface area (Å²) >= 11 is 0. The van der Waals surface area contributed by atoms with Crippen LogP contribution in [-0.4, -0.2) is 30.5 Å². The summed E-state index contributed by atoms with van der Waals surface area (Å²) in [6.45, 7) is 0. The molecule has 27 heavy (non-hydrogen) atoms. The minimum absolute atomic E-state index is 0.133. The van der Waals surface area contributed by atoms with Crippen molar-refractivity contribution in [2.45, 2.75) is 43.6 Å². The zero-order valence-electron chi connectivity index (χ0n) is 14.5. The maximum absolute atomic E-state index is 12.9. The molecule has 1 heterocycles. The Bertz CT molecular complexity index is 920. The minimum Gasteiger partial charge on any atom is -0.472 e. The second-order valence-corrected chi connectivity index (χ2v) is 8.17. The van der Waals surface area contributed by atoms with Crippen molar-refractivity contribution >= 4 is 10.0 Å². The van der Waals surface area contributed by atoms with Gasteiger partial charge in [-0.05, 0) is 43.4 Å². The molecule has 1 fully saturated rings. The predicted octanol–water partition coefficient (Wildman–Crippen LogP) is 2.30. The highest BCUT2D eigenvalue weighted by atomic mass is 32.2.